The molecule has 0 aliphatic heterocycles. The first kappa shape index (κ1) is 8.00. The molecule has 0 atom stereocenters. The molecule has 1 N–H and O–H groups in total. The summed E-state index contributed by atoms with van der Waals surface area (Å²) >= 11 is 5.70. The summed E-state index contributed by atoms with van der Waals surface area (Å²) < 4.78 is 0. The normalized spacial score (nSPS) is 10.5. The van der Waals surface area contributed by atoms with E-state index in [1.54, 1.807) is 12.1 Å². The fraction of sp³-hybridized carbons (Fsp3) is 0. The number of fused-ring (bicyclic) bond motifs is 1. The van der Waals surface area contributed by atoms with Crippen LogP contribution in [0.2, 0.25) is 5.15 Å². The Kier molecular flexibility index (Phi) is 1.66. The topological polar surface area (TPSA) is 71.8 Å². The van der Waals surface area contributed by atoms with E-state index in [0.717, 1.165) is 0 Å². The molecule has 0 spiro atoms. The average Bonchev–Trinajstić information content (AvgIpc) is 2.48. The highest BCUT2D eigenvalue weighted by molar-refractivity contribution is 6.35. The van der Waals surface area contributed by atoms with Gasteiger partial charge in [-0.2, -0.15) is 5.10 Å². The quantitative estimate of drug-likeness (QED) is 0.562. The van der Waals surface area contributed by atoms with Crippen molar-refractivity contribution in [1.29, 1.82) is 0 Å². The van der Waals surface area contributed by atoms with Gasteiger partial charge < -0.3 is 0 Å². The molecule has 6 heteroatoms. The zero-order chi connectivity index (χ0) is 9.42. The molecule has 0 unspecified atom stereocenters. The molecule has 5 nitrogen and oxygen atoms in total. The Bertz CT molecular complexity index is 480. The van der Waals surface area contributed by atoms with E-state index in [-0.39, 0.29) is 10.8 Å². The molecule has 66 valence electrons. The maximum absolute atomic E-state index is 10.6. The van der Waals surface area contributed by atoms with Crippen molar-refractivity contribution >= 4 is 28.2 Å². The lowest BCUT2D eigenvalue weighted by atomic mass is 10.2. The summed E-state index contributed by atoms with van der Waals surface area (Å²) in [6, 6.07) is 4.62. The second-order valence-electron chi connectivity index (χ2n) is 2.47. The third-order valence-corrected chi connectivity index (χ3v) is 1.98. The van der Waals surface area contributed by atoms with Crippen molar-refractivity contribution in [2.45, 2.75) is 0 Å². The van der Waals surface area contributed by atoms with Crippen molar-refractivity contribution in [3.8, 4) is 0 Å². The zero-order valence-corrected chi connectivity index (χ0v) is 7.08. The van der Waals surface area contributed by atoms with Crippen LogP contribution in [0.1, 0.15) is 0 Å². The summed E-state index contributed by atoms with van der Waals surface area (Å²) in [5.41, 5.74) is 0.468. The van der Waals surface area contributed by atoms with E-state index in [2.05, 4.69) is 10.2 Å². The number of nitrogens with one attached hydrogen (secondary N) is 1. The Hall–Kier alpha value is -1.62. The van der Waals surface area contributed by atoms with Gasteiger partial charge in [0.2, 0.25) is 0 Å². The molecule has 1 aromatic carbocycles. The summed E-state index contributed by atoms with van der Waals surface area (Å²) in [6.07, 6.45) is 0. The monoisotopic (exact) mass is 197 g/mol. The van der Waals surface area contributed by atoms with Crippen LogP contribution in [0, 0.1) is 10.1 Å². The Balaban J connectivity index is 2.88. The SMILES string of the molecule is O=[N+]([O-])c1cccc2n[nH]c(Cl)c12. The number of non-ortho nitro benzene ring substituents is 1. The first-order chi connectivity index (χ1) is 6.20. The van der Waals surface area contributed by atoms with Crippen LogP contribution in [-0.2, 0) is 0 Å². The van der Waals surface area contributed by atoms with Crippen LogP contribution in [0.25, 0.3) is 10.9 Å². The minimum atomic E-state index is -0.482. The lowest BCUT2D eigenvalue weighted by Gasteiger charge is -1.91. The van der Waals surface area contributed by atoms with Gasteiger partial charge >= 0.3 is 0 Å². The average molecular weight is 198 g/mol. The summed E-state index contributed by atoms with van der Waals surface area (Å²) in [7, 11) is 0. The molecule has 0 amide bonds. The highest BCUT2D eigenvalue weighted by Gasteiger charge is 2.16. The molecule has 0 radical (unpaired) electrons. The number of benzene rings is 1. The van der Waals surface area contributed by atoms with Gasteiger partial charge in [0, 0.05) is 6.07 Å². The van der Waals surface area contributed by atoms with Crippen LogP contribution in [-0.4, -0.2) is 15.1 Å². The van der Waals surface area contributed by atoms with Crippen molar-refractivity contribution in [2.75, 3.05) is 0 Å². The number of H-pyrrole nitrogens is 1. The molecule has 1 aromatic heterocycles. The van der Waals surface area contributed by atoms with E-state index in [0.29, 0.717) is 10.9 Å². The molecule has 2 aromatic rings. The summed E-state index contributed by atoms with van der Waals surface area (Å²) in [4.78, 5) is 10.1. The van der Waals surface area contributed by atoms with Crippen LogP contribution in [0.15, 0.2) is 18.2 Å². The molecule has 1 heterocycles. The standard InChI is InChI=1S/C7H4ClN3O2/c8-7-6-4(9-10-7)2-1-3-5(6)11(12)13/h1-3H,(H,9,10). The van der Waals surface area contributed by atoms with Crippen molar-refractivity contribution in [3.05, 3.63) is 33.5 Å². The second kappa shape index (κ2) is 2.70. The maximum atomic E-state index is 10.6. The van der Waals surface area contributed by atoms with Crippen molar-refractivity contribution < 1.29 is 4.92 Å². The van der Waals surface area contributed by atoms with Gasteiger partial charge in [-0.15, -0.1) is 0 Å². The van der Waals surface area contributed by atoms with E-state index in [1.807, 2.05) is 0 Å². The maximum Gasteiger partial charge on any atom is 0.281 e. The van der Waals surface area contributed by atoms with E-state index in [1.165, 1.54) is 6.07 Å². The van der Waals surface area contributed by atoms with Crippen molar-refractivity contribution in [3.63, 3.8) is 0 Å². The number of nitrogens with zero attached hydrogens (tertiary/aromatic N) is 2. The van der Waals surface area contributed by atoms with Crippen LogP contribution in [0.4, 0.5) is 5.69 Å². The van der Waals surface area contributed by atoms with Gasteiger partial charge in [-0.25, -0.2) is 0 Å². The fourth-order valence-corrected chi connectivity index (χ4v) is 1.40. The molecule has 0 aliphatic carbocycles. The number of aromatic nitrogens is 2. The highest BCUT2D eigenvalue weighted by Crippen LogP contribution is 2.29. The number of nitro benzene ring substituents is 1. The lowest BCUT2D eigenvalue weighted by molar-refractivity contribution is -0.383. The van der Waals surface area contributed by atoms with E-state index in [4.69, 9.17) is 11.6 Å². The van der Waals surface area contributed by atoms with E-state index in [9.17, 15) is 10.1 Å². The molecule has 2 rings (SSSR count). The van der Waals surface area contributed by atoms with E-state index < -0.39 is 4.92 Å². The predicted molar refractivity (Wildman–Crippen MR) is 47.8 cm³/mol. The van der Waals surface area contributed by atoms with Gasteiger partial charge in [0.25, 0.3) is 5.69 Å². The van der Waals surface area contributed by atoms with Crippen LogP contribution < -0.4 is 0 Å². The summed E-state index contributed by atoms with van der Waals surface area (Å²) in [5.74, 6) is 0. The Morgan fingerprint density at radius 3 is 3.00 bits per heavy atom. The number of aromatic amines is 1. The molecule has 13 heavy (non-hydrogen) atoms. The number of hydrogen-bond donors (Lipinski definition) is 1. The Morgan fingerprint density at radius 2 is 2.31 bits per heavy atom. The molecule has 0 bridgehead atoms. The number of nitro groups is 1. The predicted octanol–water partition coefficient (Wildman–Crippen LogP) is 2.12. The van der Waals surface area contributed by atoms with Gasteiger partial charge in [-0.3, -0.25) is 15.2 Å². The third kappa shape index (κ3) is 1.13. The minimum Gasteiger partial charge on any atom is -0.266 e. The van der Waals surface area contributed by atoms with E-state index >= 15 is 0 Å². The fourth-order valence-electron chi connectivity index (χ4n) is 1.16. The smallest absolute Gasteiger partial charge is 0.266 e. The molecule has 0 fully saturated rings. The first-order valence-electron chi connectivity index (χ1n) is 3.47. The highest BCUT2D eigenvalue weighted by atomic mass is 35.5. The zero-order valence-electron chi connectivity index (χ0n) is 6.32. The second-order valence-corrected chi connectivity index (χ2v) is 2.84. The number of rotatable bonds is 1. The molecule has 0 saturated carbocycles. The summed E-state index contributed by atoms with van der Waals surface area (Å²) in [5, 5.41) is 17.4. The molecule has 0 aliphatic rings. The van der Waals surface area contributed by atoms with Gasteiger partial charge in [0.15, 0.2) is 0 Å². The molecule has 0 saturated heterocycles. The number of hydrogen-bond acceptors (Lipinski definition) is 3. The van der Waals surface area contributed by atoms with Gasteiger partial charge in [-0.05, 0) is 6.07 Å². The summed E-state index contributed by atoms with van der Waals surface area (Å²) in [6.45, 7) is 0. The Morgan fingerprint density at radius 1 is 1.54 bits per heavy atom. The first-order valence-corrected chi connectivity index (χ1v) is 3.85. The third-order valence-electron chi connectivity index (χ3n) is 1.71. The largest absolute Gasteiger partial charge is 0.281 e. The van der Waals surface area contributed by atoms with Crippen LogP contribution >= 0.6 is 11.6 Å². The molecular weight excluding hydrogens is 194 g/mol. The number of halogens is 1. The van der Waals surface area contributed by atoms with Crippen molar-refractivity contribution in [1.82, 2.24) is 10.2 Å². The lowest BCUT2D eigenvalue weighted by Crippen LogP contribution is -1.87. The Labute approximate surface area is 77.5 Å². The van der Waals surface area contributed by atoms with Crippen LogP contribution in [0.3, 0.4) is 0 Å². The van der Waals surface area contributed by atoms with Gasteiger partial charge in [0.1, 0.15) is 16.1 Å². The van der Waals surface area contributed by atoms with Crippen molar-refractivity contribution in [2.24, 2.45) is 0 Å². The minimum absolute atomic E-state index is 0.0312. The van der Waals surface area contributed by atoms with Crippen LogP contribution in [0.5, 0.6) is 0 Å². The molecular formula is C7H4ClN3O2. The van der Waals surface area contributed by atoms with Gasteiger partial charge in [0.05, 0.1) is 4.92 Å². The van der Waals surface area contributed by atoms with Gasteiger partial charge in [-0.1, -0.05) is 17.7 Å².